The van der Waals surface area contributed by atoms with E-state index in [0.717, 1.165) is 13.0 Å². The average Bonchev–Trinajstić information content (AvgIpc) is 2.59. The predicted molar refractivity (Wildman–Crippen MR) is 71.3 cm³/mol. The Balaban J connectivity index is 0.00000144. The van der Waals surface area contributed by atoms with Crippen molar-refractivity contribution in [2.75, 3.05) is 11.1 Å². The summed E-state index contributed by atoms with van der Waals surface area (Å²) < 4.78 is 2.58. The summed E-state index contributed by atoms with van der Waals surface area (Å²) in [5.41, 5.74) is 1.37. The smallest absolute Gasteiger partial charge is 0.398 e. The van der Waals surface area contributed by atoms with E-state index in [2.05, 4.69) is 55.5 Å². The maximum absolute atomic E-state index is 4.53. The van der Waals surface area contributed by atoms with E-state index >= 15 is 0 Å². The van der Waals surface area contributed by atoms with Crippen LogP contribution < -0.4 is 23.4 Å². The number of rotatable bonds is 1. The van der Waals surface area contributed by atoms with Gasteiger partial charge in [-0.05, 0) is 11.6 Å². The summed E-state index contributed by atoms with van der Waals surface area (Å²) in [6, 6.07) is 5.17. The Labute approximate surface area is 118 Å². The molecule has 1 aromatic rings. The quantitative estimate of drug-likeness (QED) is 0.517. The number of hydrogen-bond acceptors (Lipinski definition) is 2. The van der Waals surface area contributed by atoms with E-state index < -0.39 is 8.24 Å². The first-order valence-corrected chi connectivity index (χ1v) is 8.91. The van der Waals surface area contributed by atoms with Crippen LogP contribution in [0.15, 0.2) is 12.3 Å². The van der Waals surface area contributed by atoms with E-state index in [-0.39, 0.29) is 18.9 Å². The van der Waals surface area contributed by atoms with Crippen molar-refractivity contribution in [3.05, 3.63) is 23.9 Å². The van der Waals surface area contributed by atoms with Gasteiger partial charge in [-0.25, -0.2) is 12.1 Å². The Kier molecular flexibility index (Phi) is 4.18. The van der Waals surface area contributed by atoms with Gasteiger partial charge in [-0.1, -0.05) is 46.5 Å². The molecule has 0 spiro atoms. The van der Waals surface area contributed by atoms with Crippen LogP contribution in [-0.4, -0.2) is 19.8 Å². The van der Waals surface area contributed by atoms with Gasteiger partial charge in [0.25, 0.3) is 0 Å². The summed E-state index contributed by atoms with van der Waals surface area (Å²) in [5, 5.41) is 0.371. The Morgan fingerprint density at radius 3 is 2.59 bits per heavy atom. The maximum Gasteiger partial charge on any atom is 1.00 e. The number of pyridine rings is 1. The minimum absolute atomic E-state index is 0. The van der Waals surface area contributed by atoms with E-state index in [9.17, 15) is 0 Å². The summed E-state index contributed by atoms with van der Waals surface area (Å²) in [7, 11) is -1.47. The molecule has 0 aliphatic carbocycles. The summed E-state index contributed by atoms with van der Waals surface area (Å²) in [6.45, 7) is 13.1. The van der Waals surface area contributed by atoms with Crippen molar-refractivity contribution in [1.82, 2.24) is 4.98 Å². The topological polar surface area (TPSA) is 16.1 Å². The first-order valence-electron chi connectivity index (χ1n) is 5.96. The fourth-order valence-corrected chi connectivity index (χ4v) is 4.31. The third-order valence-corrected chi connectivity index (χ3v) is 9.63. The summed E-state index contributed by atoms with van der Waals surface area (Å²) in [5.74, 6) is 1.21. The van der Waals surface area contributed by atoms with Crippen molar-refractivity contribution in [3.63, 3.8) is 0 Å². The number of fused-ring (bicyclic) bond motifs is 1. The van der Waals surface area contributed by atoms with Gasteiger partial charge in [-0.2, -0.15) is 5.56 Å². The molecule has 0 fully saturated rings. The van der Waals surface area contributed by atoms with E-state index in [1.165, 1.54) is 11.4 Å². The van der Waals surface area contributed by atoms with Gasteiger partial charge < -0.3 is 4.57 Å². The number of anilines is 1. The van der Waals surface area contributed by atoms with Gasteiger partial charge in [0.1, 0.15) is 0 Å². The van der Waals surface area contributed by atoms with Crippen LogP contribution in [0.25, 0.3) is 0 Å². The molecule has 2 rings (SSSR count). The first-order chi connectivity index (χ1) is 7.34. The third-order valence-electron chi connectivity index (χ3n) is 4.18. The molecular weight excluding hydrogens is 219 g/mol. The zero-order chi connectivity index (χ0) is 12.0. The molecule has 2 nitrogen and oxygen atoms in total. The van der Waals surface area contributed by atoms with Crippen LogP contribution in [-0.2, 0) is 6.42 Å². The van der Waals surface area contributed by atoms with Crippen LogP contribution in [0.2, 0.25) is 18.1 Å². The Hall–Kier alpha value is -0.236. The molecule has 1 aromatic heterocycles. The SMILES string of the molecule is CC(C)(C)[Si](C)(C)N1CCc2c[c-]cnc21.[Li+]. The zero-order valence-corrected chi connectivity index (χ0v) is 13.0. The minimum Gasteiger partial charge on any atom is -0.398 e. The zero-order valence-electron chi connectivity index (χ0n) is 12.0. The molecule has 0 saturated heterocycles. The van der Waals surface area contributed by atoms with Crippen molar-refractivity contribution < 1.29 is 18.9 Å². The molecule has 0 amide bonds. The number of nitrogens with zero attached hydrogens (tertiary/aromatic N) is 2. The number of aromatic nitrogens is 1. The molecule has 0 bridgehead atoms. The molecule has 4 heteroatoms. The van der Waals surface area contributed by atoms with Gasteiger partial charge in [0.15, 0.2) is 8.24 Å². The fourth-order valence-electron chi connectivity index (χ4n) is 2.10. The van der Waals surface area contributed by atoms with Gasteiger partial charge >= 0.3 is 18.9 Å². The molecule has 1 aliphatic rings. The van der Waals surface area contributed by atoms with Crippen molar-refractivity contribution in [1.29, 1.82) is 0 Å². The van der Waals surface area contributed by atoms with Gasteiger partial charge in [0.2, 0.25) is 0 Å². The molecule has 0 unspecified atom stereocenters. The largest absolute Gasteiger partial charge is 1.00 e. The maximum atomic E-state index is 4.53. The van der Waals surface area contributed by atoms with Gasteiger partial charge in [0, 0.05) is 5.82 Å². The van der Waals surface area contributed by atoms with Crippen LogP contribution in [0, 0.1) is 6.07 Å². The van der Waals surface area contributed by atoms with Crippen molar-refractivity contribution in [2.45, 2.75) is 45.3 Å². The second-order valence-corrected chi connectivity index (χ2v) is 11.3. The van der Waals surface area contributed by atoms with Gasteiger partial charge in [0.05, 0.1) is 0 Å². The molecule has 0 atom stereocenters. The van der Waals surface area contributed by atoms with Crippen LogP contribution in [0.3, 0.4) is 0 Å². The molecular formula is C13H21LiN2Si. The minimum atomic E-state index is -1.47. The fraction of sp³-hybridized carbons (Fsp3) is 0.615. The molecule has 0 radical (unpaired) electrons. The molecule has 17 heavy (non-hydrogen) atoms. The Morgan fingerprint density at radius 1 is 1.35 bits per heavy atom. The summed E-state index contributed by atoms with van der Waals surface area (Å²) in [6.07, 6.45) is 2.93. The molecule has 2 heterocycles. The monoisotopic (exact) mass is 240 g/mol. The second-order valence-electron chi connectivity index (χ2n) is 6.13. The van der Waals surface area contributed by atoms with Crippen molar-refractivity contribution in [3.8, 4) is 0 Å². The Bertz CT molecular complexity index is 399. The molecule has 0 N–H and O–H groups in total. The van der Waals surface area contributed by atoms with Crippen LogP contribution in [0.1, 0.15) is 26.3 Å². The Morgan fingerprint density at radius 2 is 2.00 bits per heavy atom. The van der Waals surface area contributed by atoms with Gasteiger partial charge in [-0.15, -0.1) is 0 Å². The van der Waals surface area contributed by atoms with Crippen LogP contribution in [0.4, 0.5) is 5.82 Å². The van der Waals surface area contributed by atoms with Gasteiger partial charge in [-0.3, -0.25) is 4.98 Å². The summed E-state index contributed by atoms with van der Waals surface area (Å²) in [4.78, 5) is 4.53. The molecule has 0 saturated carbocycles. The van der Waals surface area contributed by atoms with Crippen LogP contribution in [0.5, 0.6) is 0 Å². The van der Waals surface area contributed by atoms with E-state index in [1.54, 1.807) is 6.20 Å². The average molecular weight is 240 g/mol. The van der Waals surface area contributed by atoms with Crippen molar-refractivity contribution >= 4 is 14.1 Å². The molecule has 1 aliphatic heterocycles. The third kappa shape index (κ3) is 2.47. The first kappa shape index (κ1) is 14.8. The number of hydrogen-bond donors (Lipinski definition) is 0. The predicted octanol–water partition coefficient (Wildman–Crippen LogP) is 0.253. The molecule has 0 aromatic carbocycles. The normalized spacial score (nSPS) is 15.5. The molecule has 88 valence electrons. The van der Waals surface area contributed by atoms with E-state index in [4.69, 9.17) is 0 Å². The standard InChI is InChI=1S/C13H21N2Si.Li/c1-13(2,3)16(4,5)15-10-8-11-7-6-9-14-12(11)15;/h7,9H,8,10H2,1-5H3;/q-1;+1. The second kappa shape index (κ2) is 4.80. The van der Waals surface area contributed by atoms with Crippen LogP contribution >= 0.6 is 0 Å². The van der Waals surface area contributed by atoms with E-state index in [0.29, 0.717) is 5.04 Å². The van der Waals surface area contributed by atoms with Crippen molar-refractivity contribution in [2.24, 2.45) is 0 Å². The van der Waals surface area contributed by atoms with E-state index in [1.807, 2.05) is 0 Å². The summed E-state index contributed by atoms with van der Waals surface area (Å²) >= 11 is 0.